The van der Waals surface area contributed by atoms with Crippen molar-refractivity contribution in [3.8, 4) is 11.5 Å². The normalized spacial score (nSPS) is 17.2. The number of carbonyl (C=O) groups is 2. The molecule has 1 fully saturated rings. The van der Waals surface area contributed by atoms with Gasteiger partial charge in [-0.05, 0) is 36.6 Å². The fourth-order valence-electron chi connectivity index (χ4n) is 2.92. The third-order valence-electron chi connectivity index (χ3n) is 4.27. The smallest absolute Gasteiger partial charge is 0.331 e. The standard InChI is InChI=1S/C19H23NO5/c21-18(20-9-3-1-2-4-10-20)14-25-19(22)8-6-15-5-7-16-17(13-15)24-12-11-23-16/h5-8,13H,1-4,9-12,14H2/b8-6+. The SMILES string of the molecule is O=C(/C=C/c1ccc2c(c1)OCCO2)OCC(=O)N1CCCCCC1. The molecule has 6 heteroatoms. The van der Waals surface area contributed by atoms with Crippen LogP contribution < -0.4 is 9.47 Å². The van der Waals surface area contributed by atoms with Gasteiger partial charge in [-0.25, -0.2) is 4.79 Å². The van der Waals surface area contributed by atoms with Crippen molar-refractivity contribution < 1.29 is 23.8 Å². The zero-order valence-corrected chi connectivity index (χ0v) is 14.2. The first-order chi connectivity index (χ1) is 12.2. The molecule has 1 amide bonds. The van der Waals surface area contributed by atoms with E-state index in [9.17, 15) is 9.59 Å². The largest absolute Gasteiger partial charge is 0.486 e. The van der Waals surface area contributed by atoms with Crippen molar-refractivity contribution in [1.29, 1.82) is 0 Å². The van der Waals surface area contributed by atoms with E-state index in [-0.39, 0.29) is 12.5 Å². The highest BCUT2D eigenvalue weighted by molar-refractivity contribution is 5.89. The summed E-state index contributed by atoms with van der Waals surface area (Å²) < 4.78 is 16.0. The second-order valence-electron chi connectivity index (χ2n) is 6.14. The summed E-state index contributed by atoms with van der Waals surface area (Å²) in [5, 5.41) is 0. The molecule has 1 aromatic rings. The van der Waals surface area contributed by atoms with Crippen LogP contribution in [-0.4, -0.2) is 49.7 Å². The molecule has 0 N–H and O–H groups in total. The monoisotopic (exact) mass is 345 g/mol. The van der Waals surface area contributed by atoms with Crippen LogP contribution in [0, 0.1) is 0 Å². The van der Waals surface area contributed by atoms with Crippen LogP contribution >= 0.6 is 0 Å². The summed E-state index contributed by atoms with van der Waals surface area (Å²) in [4.78, 5) is 25.7. The number of likely N-dealkylation sites (tertiary alicyclic amines) is 1. The molecule has 0 atom stereocenters. The molecule has 0 unspecified atom stereocenters. The van der Waals surface area contributed by atoms with Gasteiger partial charge < -0.3 is 19.1 Å². The van der Waals surface area contributed by atoms with E-state index in [1.165, 1.54) is 6.08 Å². The lowest BCUT2D eigenvalue weighted by molar-refractivity contribution is -0.148. The molecule has 1 aromatic carbocycles. The van der Waals surface area contributed by atoms with Gasteiger partial charge in [0.05, 0.1) is 0 Å². The lowest BCUT2D eigenvalue weighted by Crippen LogP contribution is -2.35. The summed E-state index contributed by atoms with van der Waals surface area (Å²) in [6, 6.07) is 5.45. The molecule has 0 spiro atoms. The lowest BCUT2D eigenvalue weighted by Gasteiger charge is -2.19. The number of fused-ring (bicyclic) bond motifs is 1. The molecular formula is C19H23NO5. The molecule has 0 aliphatic carbocycles. The molecule has 0 bridgehead atoms. The van der Waals surface area contributed by atoms with Crippen molar-refractivity contribution in [2.24, 2.45) is 0 Å². The molecule has 1 saturated heterocycles. The number of hydrogen-bond acceptors (Lipinski definition) is 5. The molecule has 0 radical (unpaired) electrons. The van der Waals surface area contributed by atoms with Crippen molar-refractivity contribution in [2.45, 2.75) is 25.7 Å². The van der Waals surface area contributed by atoms with Crippen LogP contribution in [0.2, 0.25) is 0 Å². The summed E-state index contributed by atoms with van der Waals surface area (Å²) in [5.41, 5.74) is 0.806. The summed E-state index contributed by atoms with van der Waals surface area (Å²) in [6.45, 7) is 2.36. The average Bonchev–Trinajstić information content (AvgIpc) is 2.94. The van der Waals surface area contributed by atoms with Crippen LogP contribution in [0.5, 0.6) is 11.5 Å². The average molecular weight is 345 g/mol. The van der Waals surface area contributed by atoms with Crippen LogP contribution in [0.15, 0.2) is 24.3 Å². The molecule has 134 valence electrons. The molecule has 3 rings (SSSR count). The maximum Gasteiger partial charge on any atom is 0.331 e. The van der Waals surface area contributed by atoms with Crippen molar-refractivity contribution in [3.05, 3.63) is 29.8 Å². The molecule has 2 aliphatic heterocycles. The van der Waals surface area contributed by atoms with Gasteiger partial charge >= 0.3 is 5.97 Å². The number of ether oxygens (including phenoxy) is 3. The van der Waals surface area contributed by atoms with E-state index in [0.717, 1.165) is 44.3 Å². The summed E-state index contributed by atoms with van der Waals surface area (Å²) in [7, 11) is 0. The van der Waals surface area contributed by atoms with Gasteiger partial charge in [-0.2, -0.15) is 0 Å². The van der Waals surface area contributed by atoms with E-state index >= 15 is 0 Å². The molecule has 2 heterocycles. The molecule has 25 heavy (non-hydrogen) atoms. The predicted octanol–water partition coefficient (Wildman–Crippen LogP) is 2.42. The van der Waals surface area contributed by atoms with Crippen LogP contribution in [-0.2, 0) is 14.3 Å². The first-order valence-electron chi connectivity index (χ1n) is 8.74. The van der Waals surface area contributed by atoms with Crippen molar-refractivity contribution >= 4 is 18.0 Å². The third kappa shape index (κ3) is 4.98. The summed E-state index contributed by atoms with van der Waals surface area (Å²) in [6.07, 6.45) is 7.30. The third-order valence-corrected chi connectivity index (χ3v) is 4.27. The lowest BCUT2D eigenvalue weighted by atomic mass is 10.2. The Morgan fingerprint density at radius 3 is 2.52 bits per heavy atom. The number of carbonyl (C=O) groups excluding carboxylic acids is 2. The van der Waals surface area contributed by atoms with Gasteiger partial charge in [0, 0.05) is 19.2 Å². The molecule has 0 saturated carbocycles. The topological polar surface area (TPSA) is 65.1 Å². The highest BCUT2D eigenvalue weighted by atomic mass is 16.6. The Bertz CT molecular complexity index is 647. The Hall–Kier alpha value is -2.50. The molecule has 2 aliphatic rings. The Morgan fingerprint density at radius 2 is 1.76 bits per heavy atom. The maximum absolute atomic E-state index is 12.1. The van der Waals surface area contributed by atoms with Crippen molar-refractivity contribution in [1.82, 2.24) is 4.90 Å². The zero-order valence-electron chi connectivity index (χ0n) is 14.2. The fraction of sp³-hybridized carbons (Fsp3) is 0.474. The van der Waals surface area contributed by atoms with Gasteiger partial charge in [0.15, 0.2) is 18.1 Å². The first-order valence-corrected chi connectivity index (χ1v) is 8.74. The van der Waals surface area contributed by atoms with E-state index in [4.69, 9.17) is 14.2 Å². The van der Waals surface area contributed by atoms with Crippen molar-refractivity contribution in [2.75, 3.05) is 32.9 Å². The number of nitrogens with zero attached hydrogens (tertiary/aromatic N) is 1. The minimum Gasteiger partial charge on any atom is -0.486 e. The zero-order chi connectivity index (χ0) is 17.5. The Balaban J connectivity index is 1.48. The van der Waals surface area contributed by atoms with E-state index in [2.05, 4.69) is 0 Å². The van der Waals surface area contributed by atoms with E-state index in [1.807, 2.05) is 12.1 Å². The quantitative estimate of drug-likeness (QED) is 0.619. The minimum atomic E-state index is -0.530. The number of amides is 1. The van der Waals surface area contributed by atoms with Gasteiger partial charge in [0.1, 0.15) is 13.2 Å². The fourth-order valence-corrected chi connectivity index (χ4v) is 2.92. The van der Waals surface area contributed by atoms with Crippen LogP contribution in [0.3, 0.4) is 0 Å². The summed E-state index contributed by atoms with van der Waals surface area (Å²) in [5.74, 6) is 0.716. The number of rotatable bonds is 4. The van der Waals surface area contributed by atoms with Gasteiger partial charge in [-0.3, -0.25) is 4.79 Å². The number of esters is 1. The number of benzene rings is 1. The molecule has 6 nitrogen and oxygen atoms in total. The van der Waals surface area contributed by atoms with Gasteiger partial charge in [-0.1, -0.05) is 18.9 Å². The highest BCUT2D eigenvalue weighted by Crippen LogP contribution is 2.31. The van der Waals surface area contributed by atoms with Crippen molar-refractivity contribution in [3.63, 3.8) is 0 Å². The van der Waals surface area contributed by atoms with E-state index < -0.39 is 5.97 Å². The molecular weight excluding hydrogens is 322 g/mol. The number of hydrogen-bond donors (Lipinski definition) is 0. The van der Waals surface area contributed by atoms with Gasteiger partial charge in [0.2, 0.25) is 0 Å². The Morgan fingerprint density at radius 1 is 1.04 bits per heavy atom. The summed E-state index contributed by atoms with van der Waals surface area (Å²) >= 11 is 0. The maximum atomic E-state index is 12.1. The van der Waals surface area contributed by atoms with Crippen LogP contribution in [0.25, 0.3) is 6.08 Å². The second-order valence-corrected chi connectivity index (χ2v) is 6.14. The predicted molar refractivity (Wildman–Crippen MR) is 92.5 cm³/mol. The minimum absolute atomic E-state index is 0.122. The van der Waals surface area contributed by atoms with Crippen LogP contribution in [0.4, 0.5) is 0 Å². The Kier molecular flexibility index (Phi) is 5.93. The Labute approximate surface area is 147 Å². The van der Waals surface area contributed by atoms with Gasteiger partial charge in [0.25, 0.3) is 5.91 Å². The van der Waals surface area contributed by atoms with Gasteiger partial charge in [-0.15, -0.1) is 0 Å². The second kappa shape index (κ2) is 8.55. The van der Waals surface area contributed by atoms with E-state index in [1.54, 1.807) is 17.0 Å². The van der Waals surface area contributed by atoms with E-state index in [0.29, 0.717) is 24.7 Å². The first kappa shape index (κ1) is 17.3. The van der Waals surface area contributed by atoms with Crippen LogP contribution in [0.1, 0.15) is 31.2 Å². The highest BCUT2D eigenvalue weighted by Gasteiger charge is 2.16. The molecule has 0 aromatic heterocycles.